The first-order valence-corrected chi connectivity index (χ1v) is 11.9. The van der Waals surface area contributed by atoms with Gasteiger partial charge in [0.25, 0.3) is 0 Å². The summed E-state index contributed by atoms with van der Waals surface area (Å²) in [7, 11) is 0. The van der Waals surface area contributed by atoms with E-state index in [1.165, 1.54) is 11.1 Å². The van der Waals surface area contributed by atoms with E-state index >= 15 is 0 Å². The van der Waals surface area contributed by atoms with E-state index in [1.54, 1.807) is 0 Å². The van der Waals surface area contributed by atoms with Crippen LogP contribution in [0.25, 0.3) is 21.5 Å². The first-order chi connectivity index (χ1) is 16.1. The third-order valence-corrected chi connectivity index (χ3v) is 6.57. The molecule has 0 heterocycles. The topological polar surface area (TPSA) is 18.5 Å². The van der Waals surface area contributed by atoms with Crippen molar-refractivity contribution in [2.45, 2.75) is 27.1 Å². The van der Waals surface area contributed by atoms with Crippen LogP contribution in [0.2, 0.25) is 0 Å². The van der Waals surface area contributed by atoms with Crippen LogP contribution in [-0.2, 0) is 13.2 Å². The molecule has 0 radical (unpaired) electrons. The van der Waals surface area contributed by atoms with Crippen LogP contribution in [0.15, 0.2) is 95.5 Å². The zero-order valence-electron chi connectivity index (χ0n) is 18.8. The summed E-state index contributed by atoms with van der Waals surface area (Å²) >= 11 is 3.77. The highest BCUT2D eigenvalue weighted by molar-refractivity contribution is 9.10. The first kappa shape index (κ1) is 21.5. The van der Waals surface area contributed by atoms with Gasteiger partial charge in [0.2, 0.25) is 0 Å². The van der Waals surface area contributed by atoms with E-state index < -0.39 is 0 Å². The molecular weight excluding hydrogens is 472 g/mol. The lowest BCUT2D eigenvalue weighted by Crippen LogP contribution is -2.01. The quantitative estimate of drug-likeness (QED) is 0.219. The molecule has 0 unspecified atom stereocenters. The molecular formula is C30H25BrO2. The van der Waals surface area contributed by atoms with Gasteiger partial charge in [-0.2, -0.15) is 0 Å². The summed E-state index contributed by atoms with van der Waals surface area (Å²) in [4.78, 5) is 0. The van der Waals surface area contributed by atoms with Gasteiger partial charge < -0.3 is 9.47 Å². The van der Waals surface area contributed by atoms with Crippen molar-refractivity contribution in [3.8, 4) is 11.5 Å². The highest BCUT2D eigenvalue weighted by Gasteiger charge is 2.18. The molecule has 0 saturated heterocycles. The number of aryl methyl sites for hydroxylation is 2. The third-order valence-electron chi connectivity index (χ3n) is 5.91. The molecule has 5 aromatic carbocycles. The Labute approximate surface area is 202 Å². The third kappa shape index (κ3) is 4.46. The summed E-state index contributed by atoms with van der Waals surface area (Å²) in [5.74, 6) is 1.75. The van der Waals surface area contributed by atoms with E-state index in [0.717, 1.165) is 48.6 Å². The van der Waals surface area contributed by atoms with Crippen molar-refractivity contribution in [3.05, 3.63) is 118 Å². The van der Waals surface area contributed by atoms with Gasteiger partial charge in [-0.15, -0.1) is 0 Å². The molecule has 0 amide bonds. The summed E-state index contributed by atoms with van der Waals surface area (Å²) in [5.41, 5.74) is 4.78. The number of benzene rings is 5. The monoisotopic (exact) mass is 496 g/mol. The molecule has 0 saturated carbocycles. The molecule has 0 bridgehead atoms. The zero-order valence-corrected chi connectivity index (χ0v) is 20.4. The lowest BCUT2D eigenvalue weighted by Gasteiger charge is -2.19. The van der Waals surface area contributed by atoms with E-state index in [-0.39, 0.29) is 0 Å². The van der Waals surface area contributed by atoms with Gasteiger partial charge in [-0.05, 0) is 31.0 Å². The van der Waals surface area contributed by atoms with Crippen LogP contribution >= 0.6 is 15.9 Å². The van der Waals surface area contributed by atoms with Crippen molar-refractivity contribution in [2.75, 3.05) is 0 Å². The Bertz CT molecular complexity index is 1420. The molecule has 0 aromatic heterocycles. The zero-order chi connectivity index (χ0) is 22.8. The van der Waals surface area contributed by atoms with Crippen LogP contribution in [0, 0.1) is 13.8 Å². The second-order valence-corrected chi connectivity index (χ2v) is 9.27. The lowest BCUT2D eigenvalue weighted by molar-refractivity contribution is 0.308. The van der Waals surface area contributed by atoms with Crippen LogP contribution in [-0.4, -0.2) is 0 Å². The summed E-state index contributed by atoms with van der Waals surface area (Å²) in [6.45, 7) is 5.20. The summed E-state index contributed by atoms with van der Waals surface area (Å²) < 4.78 is 13.9. The lowest BCUT2D eigenvalue weighted by atomic mass is 10.0. The molecule has 2 nitrogen and oxygen atoms in total. The summed E-state index contributed by atoms with van der Waals surface area (Å²) in [5, 5.41) is 4.16. The molecule has 164 valence electrons. The van der Waals surface area contributed by atoms with Crippen molar-refractivity contribution in [1.29, 1.82) is 0 Å². The second-order valence-electron chi connectivity index (χ2n) is 8.41. The number of fused-ring (bicyclic) bond motifs is 2. The molecule has 0 spiro atoms. The molecule has 5 aromatic rings. The van der Waals surface area contributed by atoms with Crippen LogP contribution < -0.4 is 9.47 Å². The molecule has 0 N–H and O–H groups in total. The van der Waals surface area contributed by atoms with Gasteiger partial charge in [-0.25, -0.2) is 0 Å². The van der Waals surface area contributed by atoms with Crippen molar-refractivity contribution < 1.29 is 9.47 Å². The van der Waals surface area contributed by atoms with Gasteiger partial charge in [-0.3, -0.25) is 0 Å². The number of ether oxygens (including phenoxy) is 2. The molecule has 33 heavy (non-hydrogen) atoms. The van der Waals surface area contributed by atoms with Gasteiger partial charge in [0.15, 0.2) is 0 Å². The standard InChI is InChI=1S/C30H25BrO2/c1-20-10-14-22(15-11-20)18-32-29-24-6-3-4-7-25(24)30(28-26(29)8-5-9-27(28)31)33-19-23-16-12-21(2)13-17-23/h3-17H,18-19H2,1-2H3. The number of hydrogen-bond acceptors (Lipinski definition) is 2. The van der Waals surface area contributed by atoms with E-state index in [2.05, 4.69) is 109 Å². The molecule has 3 heteroatoms. The van der Waals surface area contributed by atoms with Gasteiger partial charge in [0.05, 0.1) is 0 Å². The second kappa shape index (κ2) is 9.29. The maximum atomic E-state index is 6.48. The van der Waals surface area contributed by atoms with Crippen LogP contribution in [0.3, 0.4) is 0 Å². The minimum atomic E-state index is 0.504. The van der Waals surface area contributed by atoms with Gasteiger partial charge in [0, 0.05) is 26.0 Å². The largest absolute Gasteiger partial charge is 0.488 e. The smallest absolute Gasteiger partial charge is 0.136 e. The van der Waals surface area contributed by atoms with E-state index in [4.69, 9.17) is 9.47 Å². The predicted molar refractivity (Wildman–Crippen MR) is 140 cm³/mol. The first-order valence-electron chi connectivity index (χ1n) is 11.1. The average Bonchev–Trinajstić information content (AvgIpc) is 2.83. The summed E-state index contributed by atoms with van der Waals surface area (Å²) in [6, 6.07) is 31.5. The Morgan fingerprint density at radius 2 is 1.03 bits per heavy atom. The van der Waals surface area contributed by atoms with Gasteiger partial charge >= 0.3 is 0 Å². The molecule has 0 fully saturated rings. The number of rotatable bonds is 6. The average molecular weight is 497 g/mol. The van der Waals surface area contributed by atoms with Crippen molar-refractivity contribution in [1.82, 2.24) is 0 Å². The number of halogens is 1. The van der Waals surface area contributed by atoms with Crippen LogP contribution in [0.5, 0.6) is 11.5 Å². The normalized spacial score (nSPS) is 11.1. The SMILES string of the molecule is Cc1ccc(COc2c3ccccc3c(OCc3ccc(C)cc3)c3c(Br)cccc23)cc1. The minimum Gasteiger partial charge on any atom is -0.488 e. The Balaban J connectivity index is 1.60. The maximum Gasteiger partial charge on any atom is 0.136 e. The Hall–Kier alpha value is -3.30. The van der Waals surface area contributed by atoms with Crippen molar-refractivity contribution >= 4 is 37.5 Å². The van der Waals surface area contributed by atoms with E-state index in [0.29, 0.717) is 13.2 Å². The molecule has 0 aliphatic rings. The Kier molecular flexibility index (Phi) is 6.06. The molecule has 0 atom stereocenters. The van der Waals surface area contributed by atoms with Gasteiger partial charge in [-0.1, -0.05) is 112 Å². The van der Waals surface area contributed by atoms with E-state index in [1.807, 2.05) is 12.1 Å². The molecule has 0 aliphatic carbocycles. The highest BCUT2D eigenvalue weighted by Crippen LogP contribution is 2.45. The highest BCUT2D eigenvalue weighted by atomic mass is 79.9. The maximum absolute atomic E-state index is 6.48. The molecule has 5 rings (SSSR count). The van der Waals surface area contributed by atoms with Crippen molar-refractivity contribution in [3.63, 3.8) is 0 Å². The minimum absolute atomic E-state index is 0.504. The van der Waals surface area contributed by atoms with Crippen LogP contribution in [0.1, 0.15) is 22.3 Å². The fraction of sp³-hybridized carbons (Fsp3) is 0.133. The fourth-order valence-corrected chi connectivity index (χ4v) is 4.63. The van der Waals surface area contributed by atoms with Crippen LogP contribution in [0.4, 0.5) is 0 Å². The van der Waals surface area contributed by atoms with Gasteiger partial charge in [0.1, 0.15) is 24.7 Å². The molecule has 0 aliphatic heterocycles. The Morgan fingerprint density at radius 1 is 0.545 bits per heavy atom. The number of hydrogen-bond donors (Lipinski definition) is 0. The fourth-order valence-electron chi connectivity index (χ4n) is 4.09. The summed E-state index contributed by atoms with van der Waals surface area (Å²) in [6.07, 6.45) is 0. The van der Waals surface area contributed by atoms with E-state index in [9.17, 15) is 0 Å². The Morgan fingerprint density at radius 3 is 1.61 bits per heavy atom. The predicted octanol–water partition coefficient (Wildman–Crippen LogP) is 8.53. The van der Waals surface area contributed by atoms with Crippen molar-refractivity contribution in [2.24, 2.45) is 0 Å².